The van der Waals surface area contributed by atoms with Gasteiger partial charge in [-0.2, -0.15) is 0 Å². The van der Waals surface area contributed by atoms with Gasteiger partial charge in [0.25, 0.3) is 0 Å². The fraction of sp³-hybridized carbons (Fsp3) is 0.789. The van der Waals surface area contributed by atoms with E-state index < -0.39 is 0 Å². The number of rotatable bonds is 16. The second-order valence-corrected chi connectivity index (χ2v) is 6.52. The maximum Gasteiger partial charge on any atom is 0.239 e. The average molecular weight is 385 g/mol. The van der Waals surface area contributed by atoms with E-state index in [1.165, 1.54) is 0 Å². The van der Waals surface area contributed by atoms with Crippen molar-refractivity contribution in [1.29, 1.82) is 0 Å². The number of carbonyl (C=O) groups is 4. The molecule has 4 amide bonds. The van der Waals surface area contributed by atoms with E-state index in [1.54, 1.807) is 0 Å². The van der Waals surface area contributed by atoms with Crippen LogP contribution in [0, 0.1) is 0 Å². The third-order valence-electron chi connectivity index (χ3n) is 3.90. The first kappa shape index (κ1) is 24.9. The summed E-state index contributed by atoms with van der Waals surface area (Å²) in [7, 11) is 0. The van der Waals surface area contributed by atoms with Gasteiger partial charge in [0.2, 0.25) is 23.6 Å². The number of unbranched alkanes of at least 4 members (excludes halogenated alkanes) is 4. The lowest BCUT2D eigenvalue weighted by molar-refractivity contribution is -0.127. The minimum absolute atomic E-state index is 0.0463. The summed E-state index contributed by atoms with van der Waals surface area (Å²) >= 11 is 0. The van der Waals surface area contributed by atoms with Crippen LogP contribution in [-0.4, -0.2) is 49.8 Å². The number of nitrogens with one attached hydrogen (secondary N) is 4. The highest BCUT2D eigenvalue weighted by atomic mass is 16.2. The molecular weight excluding hydrogens is 348 g/mol. The molecule has 0 atom stereocenters. The lowest BCUT2D eigenvalue weighted by atomic mass is 10.2. The molecule has 0 aromatic carbocycles. The molecule has 0 unspecified atom stereocenters. The highest BCUT2D eigenvalue weighted by Gasteiger charge is 2.08. The van der Waals surface area contributed by atoms with Gasteiger partial charge in [-0.3, -0.25) is 19.2 Å². The van der Waals surface area contributed by atoms with Crippen LogP contribution < -0.4 is 21.3 Å². The van der Waals surface area contributed by atoms with Crippen LogP contribution in [0.2, 0.25) is 0 Å². The van der Waals surface area contributed by atoms with Crippen molar-refractivity contribution in [2.24, 2.45) is 0 Å². The van der Waals surface area contributed by atoms with Crippen LogP contribution in [-0.2, 0) is 19.2 Å². The predicted octanol–water partition coefficient (Wildman–Crippen LogP) is 1.00. The Kier molecular flexibility index (Phi) is 15.9. The molecule has 0 aliphatic rings. The molecule has 0 aliphatic carbocycles. The number of hydrogen-bond donors (Lipinski definition) is 4. The second kappa shape index (κ2) is 17.3. The van der Waals surface area contributed by atoms with E-state index in [4.69, 9.17) is 0 Å². The normalized spacial score (nSPS) is 10.1. The topological polar surface area (TPSA) is 116 Å². The summed E-state index contributed by atoms with van der Waals surface area (Å²) in [5, 5.41) is 10.5. The van der Waals surface area contributed by atoms with Crippen LogP contribution in [0.4, 0.5) is 0 Å². The standard InChI is InChI=1S/C19H36N4O4/c1-3-5-7-12-20-18(26)14-22-16(24)10-9-11-17(25)23-15-19(27)21-13-8-6-4-2/h3-15H2,1-2H3,(H,20,26)(H,21,27)(H,22,24)(H,23,25). The van der Waals surface area contributed by atoms with Crippen LogP contribution >= 0.6 is 0 Å². The van der Waals surface area contributed by atoms with E-state index >= 15 is 0 Å². The molecule has 27 heavy (non-hydrogen) atoms. The molecule has 0 bridgehead atoms. The summed E-state index contributed by atoms with van der Waals surface area (Å²) in [6, 6.07) is 0. The molecular formula is C19H36N4O4. The molecule has 0 fully saturated rings. The SMILES string of the molecule is CCCCCNC(=O)CNC(=O)CCCC(=O)NCC(=O)NCCCCC. The molecule has 8 heteroatoms. The van der Waals surface area contributed by atoms with Gasteiger partial charge < -0.3 is 21.3 Å². The molecule has 0 radical (unpaired) electrons. The highest BCUT2D eigenvalue weighted by molar-refractivity contribution is 5.86. The van der Waals surface area contributed by atoms with Crippen LogP contribution in [0.1, 0.15) is 71.6 Å². The van der Waals surface area contributed by atoms with Crippen molar-refractivity contribution >= 4 is 23.6 Å². The second-order valence-electron chi connectivity index (χ2n) is 6.52. The molecule has 0 spiro atoms. The first-order valence-corrected chi connectivity index (χ1v) is 10.1. The van der Waals surface area contributed by atoms with Crippen molar-refractivity contribution in [3.8, 4) is 0 Å². The van der Waals surface area contributed by atoms with Gasteiger partial charge in [-0.15, -0.1) is 0 Å². The van der Waals surface area contributed by atoms with Gasteiger partial charge in [-0.05, 0) is 19.3 Å². The van der Waals surface area contributed by atoms with E-state index in [0.29, 0.717) is 19.5 Å². The monoisotopic (exact) mass is 384 g/mol. The summed E-state index contributed by atoms with van der Waals surface area (Å²) in [5.74, 6) is -0.940. The third-order valence-corrected chi connectivity index (χ3v) is 3.90. The van der Waals surface area contributed by atoms with Gasteiger partial charge in [-0.25, -0.2) is 0 Å². The van der Waals surface area contributed by atoms with Crippen LogP contribution in [0.3, 0.4) is 0 Å². The van der Waals surface area contributed by atoms with E-state index in [2.05, 4.69) is 35.1 Å². The van der Waals surface area contributed by atoms with Crippen molar-refractivity contribution in [2.45, 2.75) is 71.6 Å². The first-order chi connectivity index (χ1) is 13.0. The van der Waals surface area contributed by atoms with E-state index in [1.807, 2.05) is 0 Å². The first-order valence-electron chi connectivity index (χ1n) is 10.1. The third kappa shape index (κ3) is 17.1. The Hall–Kier alpha value is -2.12. The lowest BCUT2D eigenvalue weighted by Crippen LogP contribution is -2.38. The Bertz CT molecular complexity index is 415. The van der Waals surface area contributed by atoms with E-state index in [-0.39, 0.29) is 49.6 Å². The number of amides is 4. The zero-order valence-electron chi connectivity index (χ0n) is 16.8. The van der Waals surface area contributed by atoms with Gasteiger partial charge in [0.05, 0.1) is 13.1 Å². The Balaban J connectivity index is 3.63. The summed E-state index contributed by atoms with van der Waals surface area (Å²) in [6.07, 6.45) is 6.87. The van der Waals surface area contributed by atoms with Crippen LogP contribution in [0.5, 0.6) is 0 Å². The lowest BCUT2D eigenvalue weighted by Gasteiger charge is -2.08. The minimum atomic E-state index is -0.264. The quantitative estimate of drug-likeness (QED) is 0.297. The smallest absolute Gasteiger partial charge is 0.239 e. The summed E-state index contributed by atoms with van der Waals surface area (Å²) in [5.41, 5.74) is 0. The van der Waals surface area contributed by atoms with E-state index in [0.717, 1.165) is 38.5 Å². The Morgan fingerprint density at radius 2 is 0.926 bits per heavy atom. The van der Waals surface area contributed by atoms with Crippen LogP contribution in [0.25, 0.3) is 0 Å². The van der Waals surface area contributed by atoms with Crippen molar-refractivity contribution in [1.82, 2.24) is 21.3 Å². The van der Waals surface area contributed by atoms with Gasteiger partial charge in [0.15, 0.2) is 0 Å². The number of hydrogen-bond acceptors (Lipinski definition) is 4. The zero-order valence-corrected chi connectivity index (χ0v) is 16.8. The fourth-order valence-corrected chi connectivity index (χ4v) is 2.27. The molecule has 0 aliphatic heterocycles. The maximum absolute atomic E-state index is 11.7. The molecule has 0 rings (SSSR count). The molecule has 0 saturated carbocycles. The summed E-state index contributed by atoms with van der Waals surface area (Å²) in [6.45, 7) is 5.33. The molecule has 0 aromatic rings. The summed E-state index contributed by atoms with van der Waals surface area (Å²) < 4.78 is 0. The van der Waals surface area contributed by atoms with Gasteiger partial charge >= 0.3 is 0 Å². The van der Waals surface area contributed by atoms with Gasteiger partial charge in [0.1, 0.15) is 0 Å². The van der Waals surface area contributed by atoms with Gasteiger partial charge in [0, 0.05) is 25.9 Å². The molecule has 8 nitrogen and oxygen atoms in total. The molecule has 0 heterocycles. The fourth-order valence-electron chi connectivity index (χ4n) is 2.27. The van der Waals surface area contributed by atoms with Crippen molar-refractivity contribution < 1.29 is 19.2 Å². The maximum atomic E-state index is 11.7. The molecule has 0 saturated heterocycles. The zero-order chi connectivity index (χ0) is 20.3. The minimum Gasteiger partial charge on any atom is -0.355 e. The highest BCUT2D eigenvalue weighted by Crippen LogP contribution is 1.95. The summed E-state index contributed by atoms with van der Waals surface area (Å²) in [4.78, 5) is 46.4. The van der Waals surface area contributed by atoms with Gasteiger partial charge in [-0.1, -0.05) is 39.5 Å². The average Bonchev–Trinajstić information content (AvgIpc) is 2.65. The van der Waals surface area contributed by atoms with Crippen LogP contribution in [0.15, 0.2) is 0 Å². The molecule has 0 aromatic heterocycles. The van der Waals surface area contributed by atoms with Crippen molar-refractivity contribution in [3.63, 3.8) is 0 Å². The molecule has 4 N–H and O–H groups in total. The number of carbonyl (C=O) groups excluding carboxylic acids is 4. The Morgan fingerprint density at radius 1 is 0.519 bits per heavy atom. The predicted molar refractivity (Wildman–Crippen MR) is 105 cm³/mol. The van der Waals surface area contributed by atoms with Crippen molar-refractivity contribution in [2.75, 3.05) is 26.2 Å². The largest absolute Gasteiger partial charge is 0.355 e. The Labute approximate surface area is 162 Å². The molecule has 156 valence electrons. The van der Waals surface area contributed by atoms with Crippen molar-refractivity contribution in [3.05, 3.63) is 0 Å². The van der Waals surface area contributed by atoms with E-state index in [9.17, 15) is 19.2 Å². The Morgan fingerprint density at radius 3 is 1.30 bits per heavy atom.